The molecule has 0 saturated carbocycles. The summed E-state index contributed by atoms with van der Waals surface area (Å²) in [5.74, 6) is -0.696. The molecule has 128 valence electrons. The average Bonchev–Trinajstić information content (AvgIpc) is 2.88. The minimum absolute atomic E-state index is 0.183. The van der Waals surface area contributed by atoms with Crippen LogP contribution in [0.1, 0.15) is 24.5 Å². The monoisotopic (exact) mass is 338 g/mol. The highest BCUT2D eigenvalue weighted by Gasteiger charge is 2.50. The summed E-state index contributed by atoms with van der Waals surface area (Å²) in [7, 11) is 0. The fraction of sp³-hybridized carbons (Fsp3) is 0.200. The maximum absolute atomic E-state index is 13.2. The summed E-state index contributed by atoms with van der Waals surface area (Å²) in [4.78, 5) is 26.4. The Hall–Kier alpha value is -2.95. The van der Waals surface area contributed by atoms with Gasteiger partial charge < -0.3 is 5.32 Å². The number of nitrogens with one attached hydrogen (secondary N) is 1. The molecule has 0 radical (unpaired) electrons. The van der Waals surface area contributed by atoms with E-state index in [9.17, 15) is 14.0 Å². The number of imide groups is 1. The second kappa shape index (κ2) is 6.89. The molecule has 0 spiro atoms. The lowest BCUT2D eigenvalue weighted by atomic mass is 9.87. The van der Waals surface area contributed by atoms with Crippen molar-refractivity contribution in [2.24, 2.45) is 0 Å². The molecule has 1 N–H and O–H groups in total. The molecule has 25 heavy (non-hydrogen) atoms. The Balaban J connectivity index is 1.81. The van der Waals surface area contributed by atoms with Gasteiger partial charge in [0.05, 0.1) is 0 Å². The van der Waals surface area contributed by atoms with E-state index in [1.54, 1.807) is 18.2 Å². The molecule has 1 atom stereocenters. The van der Waals surface area contributed by atoms with Crippen LogP contribution in [-0.2, 0) is 10.3 Å². The van der Waals surface area contributed by atoms with Crippen molar-refractivity contribution >= 4 is 18.0 Å². The van der Waals surface area contributed by atoms with Gasteiger partial charge in [0.15, 0.2) is 0 Å². The van der Waals surface area contributed by atoms with Crippen LogP contribution in [0.15, 0.2) is 60.7 Å². The molecular weight excluding hydrogens is 319 g/mol. The smallest absolute Gasteiger partial charge is 0.319 e. The summed E-state index contributed by atoms with van der Waals surface area (Å²) in [6, 6.07) is 14.9. The molecule has 0 bridgehead atoms. The zero-order chi connectivity index (χ0) is 17.9. The van der Waals surface area contributed by atoms with E-state index in [0.717, 1.165) is 5.56 Å². The van der Waals surface area contributed by atoms with Gasteiger partial charge in [0.1, 0.15) is 11.4 Å². The van der Waals surface area contributed by atoms with E-state index in [-0.39, 0.29) is 18.3 Å². The van der Waals surface area contributed by atoms with E-state index in [4.69, 9.17) is 0 Å². The third kappa shape index (κ3) is 3.18. The second-order valence-corrected chi connectivity index (χ2v) is 5.92. The lowest BCUT2D eigenvalue weighted by Crippen LogP contribution is -2.43. The quantitative estimate of drug-likeness (QED) is 0.845. The van der Waals surface area contributed by atoms with Gasteiger partial charge in [0.2, 0.25) is 0 Å². The Morgan fingerprint density at radius 3 is 2.40 bits per heavy atom. The lowest BCUT2D eigenvalue weighted by Gasteiger charge is -2.25. The Morgan fingerprint density at radius 1 is 1.08 bits per heavy atom. The van der Waals surface area contributed by atoms with Crippen LogP contribution in [0.3, 0.4) is 0 Å². The number of rotatable bonds is 5. The van der Waals surface area contributed by atoms with Gasteiger partial charge in [-0.15, -0.1) is 0 Å². The van der Waals surface area contributed by atoms with Crippen LogP contribution >= 0.6 is 0 Å². The maximum atomic E-state index is 13.2. The first kappa shape index (κ1) is 16.9. The summed E-state index contributed by atoms with van der Waals surface area (Å²) < 4.78 is 13.2. The largest absolute Gasteiger partial charge is 0.325 e. The number of urea groups is 1. The van der Waals surface area contributed by atoms with Crippen molar-refractivity contribution in [3.05, 3.63) is 77.6 Å². The highest BCUT2D eigenvalue weighted by atomic mass is 19.1. The van der Waals surface area contributed by atoms with Crippen LogP contribution in [-0.4, -0.2) is 23.4 Å². The standard InChI is InChI=1S/C20H19FN2O2/c1-2-20(16-10-12-17(21)13-11-16)18(24)23(19(25)22-20)14-6-9-15-7-4-3-5-8-15/h3-13H,2,14H2,1H3,(H,22,25)/b9-6-/t20-/m0/s1. The first-order valence-corrected chi connectivity index (χ1v) is 8.18. The molecule has 0 unspecified atom stereocenters. The van der Waals surface area contributed by atoms with Crippen LogP contribution in [0, 0.1) is 5.82 Å². The number of carbonyl (C=O) groups is 2. The van der Waals surface area contributed by atoms with Gasteiger partial charge >= 0.3 is 6.03 Å². The van der Waals surface area contributed by atoms with Gasteiger partial charge in [0.25, 0.3) is 5.91 Å². The van der Waals surface area contributed by atoms with Crippen LogP contribution < -0.4 is 5.32 Å². The Labute approximate surface area is 146 Å². The Morgan fingerprint density at radius 2 is 1.76 bits per heavy atom. The van der Waals surface area contributed by atoms with Crippen LogP contribution in [0.25, 0.3) is 6.08 Å². The zero-order valence-electron chi connectivity index (χ0n) is 13.9. The van der Waals surface area contributed by atoms with Crippen molar-refractivity contribution in [2.45, 2.75) is 18.9 Å². The normalized spacial score (nSPS) is 20.3. The summed E-state index contributed by atoms with van der Waals surface area (Å²) >= 11 is 0. The Kier molecular flexibility index (Phi) is 4.65. The first-order valence-electron chi connectivity index (χ1n) is 8.18. The van der Waals surface area contributed by atoms with E-state index in [1.807, 2.05) is 43.3 Å². The number of benzene rings is 2. The molecule has 5 heteroatoms. The van der Waals surface area contributed by atoms with Gasteiger partial charge in [-0.2, -0.15) is 0 Å². The predicted molar refractivity (Wildman–Crippen MR) is 94.1 cm³/mol. The van der Waals surface area contributed by atoms with Crippen molar-refractivity contribution in [2.75, 3.05) is 6.54 Å². The number of hydrogen-bond donors (Lipinski definition) is 1. The van der Waals surface area contributed by atoms with Crippen LogP contribution in [0.4, 0.5) is 9.18 Å². The molecule has 1 saturated heterocycles. The van der Waals surface area contributed by atoms with Crippen LogP contribution in [0.5, 0.6) is 0 Å². The fourth-order valence-corrected chi connectivity index (χ4v) is 3.02. The van der Waals surface area contributed by atoms with E-state index < -0.39 is 11.6 Å². The van der Waals surface area contributed by atoms with E-state index >= 15 is 0 Å². The number of nitrogens with zero attached hydrogens (tertiary/aromatic N) is 1. The molecule has 3 rings (SSSR count). The molecule has 1 aliphatic heterocycles. The molecule has 0 aliphatic carbocycles. The second-order valence-electron chi connectivity index (χ2n) is 5.92. The summed E-state index contributed by atoms with van der Waals surface area (Å²) in [6.07, 6.45) is 4.04. The van der Waals surface area contributed by atoms with Gasteiger partial charge in [-0.3, -0.25) is 9.69 Å². The molecule has 2 aromatic rings. The molecule has 1 aliphatic rings. The number of amides is 3. The van der Waals surface area contributed by atoms with Crippen molar-refractivity contribution in [3.63, 3.8) is 0 Å². The average molecular weight is 338 g/mol. The topological polar surface area (TPSA) is 49.4 Å². The molecular formula is C20H19FN2O2. The lowest BCUT2D eigenvalue weighted by molar-refractivity contribution is -0.131. The number of carbonyl (C=O) groups excluding carboxylic acids is 2. The highest BCUT2D eigenvalue weighted by Crippen LogP contribution is 2.32. The maximum Gasteiger partial charge on any atom is 0.325 e. The SMILES string of the molecule is CC[C@@]1(c2ccc(F)cc2)NC(=O)N(C/C=C\c2ccccc2)C1=O. The number of halogens is 1. The van der Waals surface area contributed by atoms with E-state index in [1.165, 1.54) is 17.0 Å². The van der Waals surface area contributed by atoms with Gasteiger partial charge in [-0.05, 0) is 29.7 Å². The third-order valence-electron chi connectivity index (χ3n) is 4.44. The molecule has 4 nitrogen and oxygen atoms in total. The van der Waals surface area contributed by atoms with Crippen molar-refractivity contribution in [3.8, 4) is 0 Å². The summed E-state index contributed by atoms with van der Waals surface area (Å²) in [6.45, 7) is 2.01. The highest BCUT2D eigenvalue weighted by molar-refractivity contribution is 6.07. The zero-order valence-corrected chi connectivity index (χ0v) is 13.9. The minimum atomic E-state index is -1.13. The molecule has 0 aromatic heterocycles. The molecule has 1 heterocycles. The summed E-state index contributed by atoms with van der Waals surface area (Å²) in [5, 5.41) is 2.78. The molecule has 2 aromatic carbocycles. The summed E-state index contributed by atoms with van der Waals surface area (Å²) in [5.41, 5.74) is 0.449. The minimum Gasteiger partial charge on any atom is -0.319 e. The Bertz CT molecular complexity index is 802. The van der Waals surface area contributed by atoms with Crippen molar-refractivity contribution < 1.29 is 14.0 Å². The predicted octanol–water partition coefficient (Wildman–Crippen LogP) is 3.70. The fourth-order valence-electron chi connectivity index (χ4n) is 3.02. The molecule has 1 fully saturated rings. The van der Waals surface area contributed by atoms with Gasteiger partial charge in [0, 0.05) is 6.54 Å². The van der Waals surface area contributed by atoms with Crippen molar-refractivity contribution in [1.82, 2.24) is 10.2 Å². The van der Waals surface area contributed by atoms with Crippen LogP contribution in [0.2, 0.25) is 0 Å². The van der Waals surface area contributed by atoms with Gasteiger partial charge in [-0.25, -0.2) is 9.18 Å². The first-order chi connectivity index (χ1) is 12.1. The van der Waals surface area contributed by atoms with E-state index in [0.29, 0.717) is 12.0 Å². The molecule has 3 amide bonds. The van der Waals surface area contributed by atoms with E-state index in [2.05, 4.69) is 5.32 Å². The number of hydrogen-bond acceptors (Lipinski definition) is 2. The van der Waals surface area contributed by atoms with Gasteiger partial charge in [-0.1, -0.05) is 61.5 Å². The van der Waals surface area contributed by atoms with Crippen molar-refractivity contribution in [1.29, 1.82) is 0 Å². The third-order valence-corrected chi connectivity index (χ3v) is 4.44.